The van der Waals surface area contributed by atoms with Gasteiger partial charge in [0.25, 0.3) is 5.56 Å². The Morgan fingerprint density at radius 3 is 2.25 bits per heavy atom. The summed E-state index contributed by atoms with van der Waals surface area (Å²) in [6, 6.07) is 23.2. The first-order valence-electron chi connectivity index (χ1n) is 10.4. The highest BCUT2D eigenvalue weighted by molar-refractivity contribution is 7.99. The lowest BCUT2D eigenvalue weighted by Crippen LogP contribution is -2.28. The third-order valence-electron chi connectivity index (χ3n) is 5.33. The molecule has 5 nitrogen and oxygen atoms in total. The summed E-state index contributed by atoms with van der Waals surface area (Å²) in [5.41, 5.74) is 4.61. The van der Waals surface area contributed by atoms with E-state index in [0.29, 0.717) is 22.6 Å². The smallest absolute Gasteiger partial charge is 0.266 e. The van der Waals surface area contributed by atoms with E-state index in [1.807, 2.05) is 80.6 Å². The molecule has 162 valence electrons. The Hall–Kier alpha value is -3.38. The molecular weight excluding hydrogens is 418 g/mol. The summed E-state index contributed by atoms with van der Waals surface area (Å²) >= 11 is 1.29. The van der Waals surface area contributed by atoms with Crippen LogP contribution in [0.15, 0.2) is 82.7 Å². The largest absolute Gasteiger partial charge is 0.341 e. The summed E-state index contributed by atoms with van der Waals surface area (Å²) in [6.45, 7) is 4.58. The van der Waals surface area contributed by atoms with Crippen molar-refractivity contribution in [3.63, 3.8) is 0 Å². The third-order valence-corrected chi connectivity index (χ3v) is 6.25. The molecule has 32 heavy (non-hydrogen) atoms. The Bertz CT molecular complexity index is 1310. The van der Waals surface area contributed by atoms with Crippen molar-refractivity contribution in [3.05, 3.63) is 99.8 Å². The molecular formula is C26H25N3O2S. The van der Waals surface area contributed by atoms with Gasteiger partial charge in [0.05, 0.1) is 22.3 Å². The maximum absolute atomic E-state index is 13.3. The summed E-state index contributed by atoms with van der Waals surface area (Å²) in [5, 5.41) is 1.06. The first-order valence-corrected chi connectivity index (χ1v) is 11.4. The fourth-order valence-electron chi connectivity index (χ4n) is 3.42. The number of hydrogen-bond acceptors (Lipinski definition) is 4. The minimum absolute atomic E-state index is 0.0200. The second kappa shape index (κ2) is 9.40. The van der Waals surface area contributed by atoms with Crippen LogP contribution in [0.3, 0.4) is 0 Å². The van der Waals surface area contributed by atoms with Crippen molar-refractivity contribution in [1.29, 1.82) is 0 Å². The first-order chi connectivity index (χ1) is 15.4. The van der Waals surface area contributed by atoms with E-state index in [1.54, 1.807) is 22.6 Å². The monoisotopic (exact) mass is 443 g/mol. The van der Waals surface area contributed by atoms with Gasteiger partial charge in [0.2, 0.25) is 5.91 Å². The Balaban J connectivity index is 1.61. The van der Waals surface area contributed by atoms with Gasteiger partial charge in [0, 0.05) is 13.6 Å². The van der Waals surface area contributed by atoms with Gasteiger partial charge < -0.3 is 4.90 Å². The summed E-state index contributed by atoms with van der Waals surface area (Å²) in [6.07, 6.45) is 0. The number of thioether (sulfide) groups is 1. The summed E-state index contributed by atoms with van der Waals surface area (Å²) in [7, 11) is 1.80. The second-order valence-corrected chi connectivity index (χ2v) is 8.85. The Morgan fingerprint density at radius 2 is 1.56 bits per heavy atom. The molecule has 0 atom stereocenters. The average molecular weight is 444 g/mol. The van der Waals surface area contributed by atoms with E-state index in [1.165, 1.54) is 17.3 Å². The van der Waals surface area contributed by atoms with Crippen LogP contribution in [-0.4, -0.2) is 33.2 Å². The van der Waals surface area contributed by atoms with E-state index >= 15 is 0 Å². The average Bonchev–Trinajstić information content (AvgIpc) is 2.80. The number of aromatic nitrogens is 2. The number of nitrogens with zero attached hydrogens (tertiary/aromatic N) is 3. The Kier molecular flexibility index (Phi) is 6.42. The second-order valence-electron chi connectivity index (χ2n) is 7.91. The number of amides is 1. The molecule has 0 fully saturated rings. The molecule has 0 spiro atoms. The minimum Gasteiger partial charge on any atom is -0.341 e. The van der Waals surface area contributed by atoms with Crippen LogP contribution < -0.4 is 5.56 Å². The van der Waals surface area contributed by atoms with Gasteiger partial charge in [-0.2, -0.15) is 0 Å². The molecule has 0 radical (unpaired) electrons. The molecule has 0 aliphatic carbocycles. The van der Waals surface area contributed by atoms with Crippen LogP contribution in [0.1, 0.15) is 16.7 Å². The van der Waals surface area contributed by atoms with Crippen molar-refractivity contribution < 1.29 is 4.79 Å². The number of para-hydroxylation sites is 1. The molecule has 0 bridgehead atoms. The fraction of sp³-hybridized carbons (Fsp3) is 0.192. The van der Waals surface area contributed by atoms with Crippen LogP contribution in [-0.2, 0) is 11.3 Å². The number of carbonyl (C=O) groups excluding carboxylic acids is 1. The lowest BCUT2D eigenvalue weighted by molar-refractivity contribution is -0.127. The molecule has 0 N–H and O–H groups in total. The maximum atomic E-state index is 13.3. The molecule has 4 rings (SSSR count). The number of aryl methyl sites for hydroxylation is 2. The van der Waals surface area contributed by atoms with Gasteiger partial charge >= 0.3 is 0 Å². The highest BCUT2D eigenvalue weighted by Crippen LogP contribution is 2.22. The van der Waals surface area contributed by atoms with Gasteiger partial charge in [0.15, 0.2) is 5.16 Å². The number of carbonyl (C=O) groups is 1. The molecule has 3 aromatic carbocycles. The summed E-state index contributed by atoms with van der Waals surface area (Å²) < 4.78 is 1.60. The Labute approximate surface area is 191 Å². The number of hydrogen-bond donors (Lipinski definition) is 0. The van der Waals surface area contributed by atoms with Crippen LogP contribution in [0.2, 0.25) is 0 Å². The van der Waals surface area contributed by atoms with Crippen molar-refractivity contribution in [1.82, 2.24) is 14.5 Å². The van der Waals surface area contributed by atoms with E-state index in [0.717, 1.165) is 16.8 Å². The van der Waals surface area contributed by atoms with E-state index in [4.69, 9.17) is 4.98 Å². The van der Waals surface area contributed by atoms with Crippen molar-refractivity contribution in [2.24, 2.45) is 0 Å². The van der Waals surface area contributed by atoms with E-state index in [2.05, 4.69) is 0 Å². The summed E-state index contributed by atoms with van der Waals surface area (Å²) in [4.78, 5) is 32.5. The van der Waals surface area contributed by atoms with Crippen LogP contribution in [0.25, 0.3) is 16.6 Å². The van der Waals surface area contributed by atoms with E-state index in [9.17, 15) is 9.59 Å². The number of rotatable bonds is 6. The van der Waals surface area contributed by atoms with Crippen molar-refractivity contribution >= 4 is 28.6 Å². The van der Waals surface area contributed by atoms with Crippen LogP contribution in [0.5, 0.6) is 0 Å². The highest BCUT2D eigenvalue weighted by Gasteiger charge is 2.16. The van der Waals surface area contributed by atoms with E-state index in [-0.39, 0.29) is 17.2 Å². The zero-order valence-corrected chi connectivity index (χ0v) is 19.2. The van der Waals surface area contributed by atoms with Crippen molar-refractivity contribution in [2.75, 3.05) is 12.8 Å². The van der Waals surface area contributed by atoms with Gasteiger partial charge in [-0.1, -0.05) is 71.4 Å². The lowest BCUT2D eigenvalue weighted by Gasteiger charge is -2.18. The SMILES string of the molecule is Cc1ccc(CN(C)C(=O)CSc2nc3ccccc3c(=O)n2-c2ccc(C)cc2)cc1. The van der Waals surface area contributed by atoms with Crippen LogP contribution >= 0.6 is 11.8 Å². The number of fused-ring (bicyclic) bond motifs is 1. The van der Waals surface area contributed by atoms with Crippen molar-refractivity contribution in [3.8, 4) is 5.69 Å². The fourth-order valence-corrected chi connectivity index (χ4v) is 4.38. The normalized spacial score (nSPS) is 11.0. The van der Waals surface area contributed by atoms with Gasteiger partial charge in [-0.3, -0.25) is 14.2 Å². The molecule has 0 saturated carbocycles. The molecule has 1 aromatic heterocycles. The predicted octanol–water partition coefficient (Wildman–Crippen LogP) is 4.75. The highest BCUT2D eigenvalue weighted by atomic mass is 32.2. The molecule has 0 aliphatic heterocycles. The zero-order valence-electron chi connectivity index (χ0n) is 18.4. The Morgan fingerprint density at radius 1 is 0.938 bits per heavy atom. The zero-order chi connectivity index (χ0) is 22.7. The van der Waals surface area contributed by atoms with Gasteiger partial charge in [0.1, 0.15) is 0 Å². The molecule has 6 heteroatoms. The first kappa shape index (κ1) is 21.8. The molecule has 1 amide bonds. The quantitative estimate of drug-likeness (QED) is 0.319. The molecule has 0 unspecified atom stereocenters. The minimum atomic E-state index is -0.137. The van der Waals surface area contributed by atoms with Gasteiger partial charge in [-0.05, 0) is 43.7 Å². The summed E-state index contributed by atoms with van der Waals surface area (Å²) in [5.74, 6) is 0.173. The van der Waals surface area contributed by atoms with E-state index < -0.39 is 0 Å². The van der Waals surface area contributed by atoms with Crippen LogP contribution in [0, 0.1) is 13.8 Å². The molecule has 0 aliphatic rings. The molecule has 1 heterocycles. The third kappa shape index (κ3) is 4.75. The predicted molar refractivity (Wildman–Crippen MR) is 130 cm³/mol. The van der Waals surface area contributed by atoms with Crippen LogP contribution in [0.4, 0.5) is 0 Å². The maximum Gasteiger partial charge on any atom is 0.266 e. The van der Waals surface area contributed by atoms with Gasteiger partial charge in [-0.15, -0.1) is 0 Å². The van der Waals surface area contributed by atoms with Crippen molar-refractivity contribution in [2.45, 2.75) is 25.5 Å². The van der Waals surface area contributed by atoms with Gasteiger partial charge in [-0.25, -0.2) is 4.98 Å². The molecule has 4 aromatic rings. The lowest BCUT2D eigenvalue weighted by atomic mass is 10.1. The topological polar surface area (TPSA) is 55.2 Å². The molecule has 0 saturated heterocycles. The standard InChI is InChI=1S/C26H25N3O2S/c1-18-8-12-20(13-9-18)16-28(3)24(30)17-32-26-27-23-7-5-4-6-22(23)25(31)29(26)21-14-10-19(2)11-15-21/h4-15H,16-17H2,1-3H3. The number of benzene rings is 3.